The van der Waals surface area contributed by atoms with E-state index in [0.717, 1.165) is 5.56 Å². The van der Waals surface area contributed by atoms with E-state index >= 15 is 0 Å². The lowest BCUT2D eigenvalue weighted by Crippen LogP contribution is -2.64. The van der Waals surface area contributed by atoms with Gasteiger partial charge in [0.25, 0.3) is 5.91 Å². The number of carbonyl (C=O) groups excluding carboxylic acids is 1. The Morgan fingerprint density at radius 2 is 1.61 bits per heavy atom. The fraction of sp³-hybridized carbons (Fsp3) is 0.286. The number of hydrazone groups is 1. The van der Waals surface area contributed by atoms with Gasteiger partial charge in [-0.3, -0.25) is 14.9 Å². The monoisotopic (exact) mass is 503 g/mol. The van der Waals surface area contributed by atoms with Crippen LogP contribution in [0.4, 0.5) is 5.69 Å². The summed E-state index contributed by atoms with van der Waals surface area (Å²) in [5.41, 5.74) is 0.509. The van der Waals surface area contributed by atoms with E-state index < -0.39 is 41.2 Å². The van der Waals surface area contributed by atoms with Gasteiger partial charge in [0, 0.05) is 9.95 Å². The van der Waals surface area contributed by atoms with Gasteiger partial charge in [-0.2, -0.15) is 10.1 Å². The minimum Gasteiger partial charge on any atom is -0.391 e. The number of anilines is 1. The molecule has 1 aliphatic heterocycles. The van der Waals surface area contributed by atoms with Crippen molar-refractivity contribution in [1.82, 2.24) is 0 Å². The van der Waals surface area contributed by atoms with Gasteiger partial charge in [0.15, 0.2) is 0 Å². The molecule has 8 heteroatoms. The van der Waals surface area contributed by atoms with Crippen LogP contribution in [-0.4, -0.2) is 33.8 Å². The Labute approximate surface area is 214 Å². The summed E-state index contributed by atoms with van der Waals surface area (Å²) in [5.74, 6) is -2.73. The number of hydrogen-bond acceptors (Lipinski definition) is 5. The third-order valence-corrected chi connectivity index (χ3v) is 8.00. The smallest absolute Gasteiger partial charge is 0.262 e. The Hall–Kier alpha value is -3.55. The van der Waals surface area contributed by atoms with Crippen molar-refractivity contribution in [2.24, 2.45) is 16.4 Å². The molecule has 1 saturated carbocycles. The molecular formula is C28H26ClN3O4. The fourth-order valence-corrected chi connectivity index (χ4v) is 6.42. The number of benzene rings is 3. The number of aliphatic hydroxyl groups excluding tert-OH is 1. The van der Waals surface area contributed by atoms with Crippen molar-refractivity contribution in [3.63, 3.8) is 0 Å². The highest BCUT2D eigenvalue weighted by Gasteiger charge is 2.70. The quantitative estimate of drug-likeness (QED) is 0.387. The average molecular weight is 504 g/mol. The standard InChI is InChI=1S/C28H26ClN3O4/c1-17-23(19-10-5-3-6-11-19)25(32(35)36)24(20-12-9-13-21(29)16-20)28(26(17)33)18(2)30-31(27(28)34)22-14-7-4-8-15-22/h3-17,23-26,33H,1-2H3/t17-,23+,24-,25+,26+,28-/m1/s1. The molecule has 184 valence electrons. The maximum absolute atomic E-state index is 14.3. The maximum atomic E-state index is 14.3. The molecule has 1 spiro atoms. The van der Waals surface area contributed by atoms with Crippen LogP contribution in [0.15, 0.2) is 90.0 Å². The van der Waals surface area contributed by atoms with E-state index in [1.807, 2.05) is 36.4 Å². The molecule has 7 nitrogen and oxygen atoms in total. The Morgan fingerprint density at radius 3 is 2.22 bits per heavy atom. The molecule has 0 bridgehead atoms. The second-order valence-electron chi connectivity index (χ2n) is 9.56. The predicted molar refractivity (Wildman–Crippen MR) is 139 cm³/mol. The lowest BCUT2D eigenvalue weighted by Gasteiger charge is -2.50. The molecule has 6 atom stereocenters. The number of aliphatic hydroxyl groups is 1. The number of carbonyl (C=O) groups is 1. The van der Waals surface area contributed by atoms with E-state index in [4.69, 9.17) is 11.6 Å². The van der Waals surface area contributed by atoms with Crippen molar-refractivity contribution in [2.45, 2.75) is 37.8 Å². The van der Waals surface area contributed by atoms with Crippen molar-refractivity contribution in [3.8, 4) is 0 Å². The first-order chi connectivity index (χ1) is 17.3. The van der Waals surface area contributed by atoms with E-state index in [0.29, 0.717) is 22.0 Å². The molecular weight excluding hydrogens is 478 g/mol. The predicted octanol–water partition coefficient (Wildman–Crippen LogP) is 5.27. The van der Waals surface area contributed by atoms with Crippen LogP contribution in [0.3, 0.4) is 0 Å². The van der Waals surface area contributed by atoms with Crippen LogP contribution < -0.4 is 5.01 Å². The zero-order chi connectivity index (χ0) is 25.6. The summed E-state index contributed by atoms with van der Waals surface area (Å²) in [6.07, 6.45) is -1.23. The molecule has 0 radical (unpaired) electrons. The van der Waals surface area contributed by atoms with E-state index in [2.05, 4.69) is 5.10 Å². The zero-order valence-electron chi connectivity index (χ0n) is 19.9. The van der Waals surface area contributed by atoms with E-state index in [1.54, 1.807) is 62.4 Å². The van der Waals surface area contributed by atoms with Gasteiger partial charge in [0.2, 0.25) is 6.04 Å². The Morgan fingerprint density at radius 1 is 1.00 bits per heavy atom. The number of nitrogens with zero attached hydrogens (tertiary/aromatic N) is 3. The summed E-state index contributed by atoms with van der Waals surface area (Å²) in [5, 5.41) is 31.1. The number of para-hydroxylation sites is 1. The topological polar surface area (TPSA) is 96.0 Å². The van der Waals surface area contributed by atoms with E-state index in [9.17, 15) is 20.0 Å². The Kier molecular flexibility index (Phi) is 6.14. The van der Waals surface area contributed by atoms with Crippen LogP contribution in [0, 0.1) is 21.4 Å². The molecule has 0 unspecified atom stereocenters. The summed E-state index contributed by atoms with van der Waals surface area (Å²) in [7, 11) is 0. The zero-order valence-corrected chi connectivity index (χ0v) is 20.6. The normalized spacial score (nSPS) is 29.9. The summed E-state index contributed by atoms with van der Waals surface area (Å²) in [6.45, 7) is 3.45. The van der Waals surface area contributed by atoms with Crippen molar-refractivity contribution in [3.05, 3.63) is 111 Å². The molecule has 1 heterocycles. The molecule has 1 amide bonds. The summed E-state index contributed by atoms with van der Waals surface area (Å²) < 4.78 is 0. The van der Waals surface area contributed by atoms with Crippen LogP contribution in [0.2, 0.25) is 5.02 Å². The van der Waals surface area contributed by atoms with Crippen molar-refractivity contribution in [1.29, 1.82) is 0 Å². The second-order valence-corrected chi connectivity index (χ2v) is 9.99. The van der Waals surface area contributed by atoms with Crippen molar-refractivity contribution < 1.29 is 14.8 Å². The number of amides is 1. The summed E-state index contributed by atoms with van der Waals surface area (Å²) in [6, 6.07) is 23.7. The maximum Gasteiger partial charge on any atom is 0.262 e. The highest BCUT2D eigenvalue weighted by molar-refractivity contribution is 6.30. The molecule has 0 saturated heterocycles. The van der Waals surface area contributed by atoms with E-state index in [-0.39, 0.29) is 4.92 Å². The van der Waals surface area contributed by atoms with Crippen LogP contribution in [0.5, 0.6) is 0 Å². The summed E-state index contributed by atoms with van der Waals surface area (Å²) in [4.78, 5) is 26.9. The third-order valence-electron chi connectivity index (χ3n) is 7.76. The van der Waals surface area contributed by atoms with Gasteiger partial charge in [-0.25, -0.2) is 0 Å². The molecule has 0 aromatic heterocycles. The molecule has 3 aromatic carbocycles. The molecule has 1 N–H and O–H groups in total. The molecule has 2 aliphatic rings. The highest BCUT2D eigenvalue weighted by atomic mass is 35.5. The van der Waals surface area contributed by atoms with E-state index in [1.165, 1.54) is 5.01 Å². The van der Waals surface area contributed by atoms with Gasteiger partial charge in [-0.05, 0) is 48.2 Å². The highest BCUT2D eigenvalue weighted by Crippen LogP contribution is 2.58. The lowest BCUT2D eigenvalue weighted by molar-refractivity contribution is -0.539. The number of halogens is 1. The first-order valence-electron chi connectivity index (χ1n) is 11.9. The molecule has 1 fully saturated rings. The van der Waals surface area contributed by atoms with Gasteiger partial charge in [-0.1, -0.05) is 79.2 Å². The second kappa shape index (κ2) is 9.15. The lowest BCUT2D eigenvalue weighted by atomic mass is 9.51. The molecule has 1 aliphatic carbocycles. The van der Waals surface area contributed by atoms with Crippen LogP contribution >= 0.6 is 11.6 Å². The van der Waals surface area contributed by atoms with Gasteiger partial charge in [-0.15, -0.1) is 0 Å². The molecule has 5 rings (SSSR count). The number of nitro groups is 1. The van der Waals surface area contributed by atoms with Gasteiger partial charge in [0.1, 0.15) is 5.41 Å². The van der Waals surface area contributed by atoms with Crippen LogP contribution in [-0.2, 0) is 4.79 Å². The Balaban J connectivity index is 1.77. The molecule has 36 heavy (non-hydrogen) atoms. The number of rotatable bonds is 4. The van der Waals surface area contributed by atoms with Gasteiger partial charge >= 0.3 is 0 Å². The van der Waals surface area contributed by atoms with Gasteiger partial charge in [0.05, 0.1) is 29.3 Å². The first kappa shape index (κ1) is 24.2. The van der Waals surface area contributed by atoms with Crippen LogP contribution in [0.25, 0.3) is 0 Å². The fourth-order valence-electron chi connectivity index (χ4n) is 6.22. The van der Waals surface area contributed by atoms with Crippen LogP contribution in [0.1, 0.15) is 36.8 Å². The van der Waals surface area contributed by atoms with Crippen molar-refractivity contribution in [2.75, 3.05) is 5.01 Å². The third kappa shape index (κ3) is 3.53. The minimum atomic E-state index is -1.64. The van der Waals surface area contributed by atoms with Gasteiger partial charge < -0.3 is 5.11 Å². The first-order valence-corrected chi connectivity index (χ1v) is 12.2. The minimum absolute atomic E-state index is 0.306. The Bertz CT molecular complexity index is 1330. The number of hydrogen-bond donors (Lipinski definition) is 1. The van der Waals surface area contributed by atoms with Crippen molar-refractivity contribution >= 4 is 28.9 Å². The average Bonchev–Trinajstić information content (AvgIpc) is 3.14. The summed E-state index contributed by atoms with van der Waals surface area (Å²) >= 11 is 6.34. The SMILES string of the molecule is CC1=NN(c2ccccc2)C(=O)[C@@]12[C@H](c1cccc(Cl)c1)[C@@H]([N+](=O)[O-])[C@H](c1ccccc1)[C@@H](C)[C@@H]2O. The largest absolute Gasteiger partial charge is 0.391 e. The molecule has 3 aromatic rings.